The molecule has 0 aliphatic carbocycles. The predicted molar refractivity (Wildman–Crippen MR) is 114 cm³/mol. The second-order valence-electron chi connectivity index (χ2n) is 7.20. The Balaban J connectivity index is 1.84. The molecule has 2 aromatic rings. The molecule has 4 N–H and O–H groups in total. The standard InChI is InChI=1S/C22H28N4O3/c1-15(2)21(23)22(29)24-14-19(27)25-17-11-9-16(10-12-17)13-20(28)26(3)18-7-5-4-6-8-18/h4-12,15,21H,13-14,23H2,1-3H3,(H,24,29)(H,25,27)/t21-/m0/s1. The van der Waals surface area contributed by atoms with Crippen LogP contribution in [-0.2, 0) is 20.8 Å². The summed E-state index contributed by atoms with van der Waals surface area (Å²) in [4.78, 5) is 37.8. The van der Waals surface area contributed by atoms with E-state index in [2.05, 4.69) is 10.6 Å². The third-order valence-corrected chi connectivity index (χ3v) is 4.55. The van der Waals surface area contributed by atoms with Gasteiger partial charge in [0.1, 0.15) is 0 Å². The molecular weight excluding hydrogens is 368 g/mol. The summed E-state index contributed by atoms with van der Waals surface area (Å²) in [6, 6.07) is 15.8. The van der Waals surface area contributed by atoms with E-state index in [4.69, 9.17) is 5.73 Å². The van der Waals surface area contributed by atoms with E-state index in [1.165, 1.54) is 0 Å². The van der Waals surface area contributed by atoms with E-state index in [0.29, 0.717) is 5.69 Å². The second kappa shape index (κ2) is 10.4. The van der Waals surface area contributed by atoms with Crippen LogP contribution < -0.4 is 21.3 Å². The Morgan fingerprint density at radius 2 is 1.62 bits per heavy atom. The molecule has 1 atom stereocenters. The molecule has 0 saturated carbocycles. The lowest BCUT2D eigenvalue weighted by atomic mass is 10.1. The van der Waals surface area contributed by atoms with Gasteiger partial charge in [-0.1, -0.05) is 44.2 Å². The smallest absolute Gasteiger partial charge is 0.243 e. The quantitative estimate of drug-likeness (QED) is 0.634. The van der Waals surface area contributed by atoms with Gasteiger partial charge in [0.05, 0.1) is 19.0 Å². The van der Waals surface area contributed by atoms with Gasteiger partial charge in [0.2, 0.25) is 17.7 Å². The SMILES string of the molecule is CC(C)[C@H](N)C(=O)NCC(=O)Nc1ccc(CC(=O)N(C)c2ccccc2)cc1. The van der Waals surface area contributed by atoms with Crippen LogP contribution in [0, 0.1) is 5.92 Å². The predicted octanol–water partition coefficient (Wildman–Crippen LogP) is 1.93. The van der Waals surface area contributed by atoms with Gasteiger partial charge < -0.3 is 21.3 Å². The first kappa shape index (κ1) is 22.1. The van der Waals surface area contributed by atoms with Crippen LogP contribution in [-0.4, -0.2) is 37.4 Å². The zero-order chi connectivity index (χ0) is 21.4. The Morgan fingerprint density at radius 3 is 2.21 bits per heavy atom. The summed E-state index contributed by atoms with van der Waals surface area (Å²) in [6.45, 7) is 3.53. The maximum atomic E-state index is 12.4. The number of likely N-dealkylation sites (N-methyl/N-ethyl adjacent to an activating group) is 1. The molecule has 0 bridgehead atoms. The molecule has 7 nitrogen and oxygen atoms in total. The summed E-state index contributed by atoms with van der Waals surface area (Å²) in [5, 5.41) is 5.23. The average Bonchev–Trinajstić information content (AvgIpc) is 2.72. The van der Waals surface area contributed by atoms with Crippen LogP contribution in [0.2, 0.25) is 0 Å². The van der Waals surface area contributed by atoms with Crippen molar-refractivity contribution in [2.75, 3.05) is 23.8 Å². The maximum absolute atomic E-state index is 12.4. The normalized spacial score (nSPS) is 11.6. The van der Waals surface area contributed by atoms with Crippen LogP contribution in [0.15, 0.2) is 54.6 Å². The van der Waals surface area contributed by atoms with Crippen molar-refractivity contribution in [3.05, 3.63) is 60.2 Å². The Morgan fingerprint density at radius 1 is 1.00 bits per heavy atom. The molecule has 29 heavy (non-hydrogen) atoms. The Hall–Kier alpha value is -3.19. The average molecular weight is 396 g/mol. The zero-order valence-corrected chi connectivity index (χ0v) is 17.0. The van der Waals surface area contributed by atoms with Crippen LogP contribution in [0.4, 0.5) is 11.4 Å². The number of anilines is 2. The molecule has 0 aliphatic heterocycles. The first-order valence-electron chi connectivity index (χ1n) is 9.51. The summed E-state index contributed by atoms with van der Waals surface area (Å²) in [7, 11) is 1.74. The van der Waals surface area contributed by atoms with Gasteiger partial charge >= 0.3 is 0 Å². The number of para-hydroxylation sites is 1. The number of hydrogen-bond acceptors (Lipinski definition) is 4. The highest BCUT2D eigenvalue weighted by Gasteiger charge is 2.17. The molecular formula is C22H28N4O3. The number of carbonyl (C=O) groups is 3. The second-order valence-corrected chi connectivity index (χ2v) is 7.20. The van der Waals surface area contributed by atoms with Crippen LogP contribution in [0.5, 0.6) is 0 Å². The highest BCUT2D eigenvalue weighted by Crippen LogP contribution is 2.15. The third-order valence-electron chi connectivity index (χ3n) is 4.55. The monoisotopic (exact) mass is 396 g/mol. The summed E-state index contributed by atoms with van der Waals surface area (Å²) in [5.74, 6) is -0.736. The van der Waals surface area contributed by atoms with Crippen molar-refractivity contribution in [3.63, 3.8) is 0 Å². The molecule has 0 aliphatic rings. The Labute approximate surface area is 171 Å². The molecule has 0 saturated heterocycles. The van der Waals surface area contributed by atoms with Gasteiger partial charge in [-0.15, -0.1) is 0 Å². The van der Waals surface area contributed by atoms with Crippen molar-refractivity contribution in [1.82, 2.24) is 5.32 Å². The van der Waals surface area contributed by atoms with Gasteiger partial charge in [-0.25, -0.2) is 0 Å². The van der Waals surface area contributed by atoms with Crippen LogP contribution in [0.25, 0.3) is 0 Å². The number of carbonyl (C=O) groups excluding carboxylic acids is 3. The first-order chi connectivity index (χ1) is 13.8. The number of rotatable bonds is 8. The fourth-order valence-electron chi connectivity index (χ4n) is 2.59. The molecule has 0 radical (unpaired) electrons. The molecule has 3 amide bonds. The summed E-state index contributed by atoms with van der Waals surface area (Å²) >= 11 is 0. The zero-order valence-electron chi connectivity index (χ0n) is 17.0. The number of nitrogens with one attached hydrogen (secondary N) is 2. The van der Waals surface area contributed by atoms with Crippen molar-refractivity contribution >= 4 is 29.1 Å². The minimum absolute atomic E-state index is 0.00532. The van der Waals surface area contributed by atoms with E-state index in [1.54, 1.807) is 36.2 Å². The van der Waals surface area contributed by atoms with Gasteiger partial charge in [-0.2, -0.15) is 0 Å². The number of benzene rings is 2. The van der Waals surface area contributed by atoms with Crippen molar-refractivity contribution in [1.29, 1.82) is 0 Å². The van der Waals surface area contributed by atoms with E-state index >= 15 is 0 Å². The van der Waals surface area contributed by atoms with Gasteiger partial charge in [0.25, 0.3) is 0 Å². The molecule has 2 aromatic carbocycles. The van der Waals surface area contributed by atoms with Crippen LogP contribution >= 0.6 is 0 Å². The van der Waals surface area contributed by atoms with Crippen molar-refractivity contribution in [3.8, 4) is 0 Å². The lowest BCUT2D eigenvalue weighted by Gasteiger charge is -2.17. The van der Waals surface area contributed by atoms with Gasteiger partial charge in [0, 0.05) is 18.4 Å². The van der Waals surface area contributed by atoms with E-state index in [0.717, 1.165) is 11.3 Å². The van der Waals surface area contributed by atoms with Gasteiger partial charge in [-0.3, -0.25) is 14.4 Å². The minimum Gasteiger partial charge on any atom is -0.346 e. The highest BCUT2D eigenvalue weighted by atomic mass is 16.2. The number of hydrogen-bond donors (Lipinski definition) is 3. The lowest BCUT2D eigenvalue weighted by molar-refractivity contribution is -0.125. The van der Waals surface area contributed by atoms with E-state index < -0.39 is 6.04 Å². The molecule has 0 spiro atoms. The van der Waals surface area contributed by atoms with Crippen LogP contribution in [0.3, 0.4) is 0 Å². The third kappa shape index (κ3) is 6.73. The number of nitrogens with zero attached hydrogens (tertiary/aromatic N) is 1. The van der Waals surface area contributed by atoms with Crippen molar-refractivity contribution in [2.24, 2.45) is 11.7 Å². The number of nitrogens with two attached hydrogens (primary N) is 1. The molecule has 0 heterocycles. The largest absolute Gasteiger partial charge is 0.346 e. The minimum atomic E-state index is -0.645. The summed E-state index contributed by atoms with van der Waals surface area (Å²) < 4.78 is 0. The fraction of sp³-hybridized carbons (Fsp3) is 0.318. The molecule has 0 aromatic heterocycles. The molecule has 0 unspecified atom stereocenters. The Bertz CT molecular complexity index is 835. The maximum Gasteiger partial charge on any atom is 0.243 e. The topological polar surface area (TPSA) is 105 Å². The molecule has 2 rings (SSSR count). The van der Waals surface area contributed by atoms with E-state index in [1.807, 2.05) is 44.2 Å². The summed E-state index contributed by atoms with van der Waals surface area (Å²) in [6.07, 6.45) is 0.253. The van der Waals surface area contributed by atoms with Gasteiger partial charge in [-0.05, 0) is 35.7 Å². The number of amides is 3. The highest BCUT2D eigenvalue weighted by molar-refractivity contribution is 5.96. The van der Waals surface area contributed by atoms with Crippen LogP contribution in [0.1, 0.15) is 19.4 Å². The molecule has 7 heteroatoms. The summed E-state index contributed by atoms with van der Waals surface area (Å²) in [5.41, 5.74) is 8.00. The van der Waals surface area contributed by atoms with E-state index in [-0.39, 0.29) is 36.6 Å². The van der Waals surface area contributed by atoms with Gasteiger partial charge in [0.15, 0.2) is 0 Å². The lowest BCUT2D eigenvalue weighted by Crippen LogP contribution is -2.46. The fourth-order valence-corrected chi connectivity index (χ4v) is 2.59. The molecule has 0 fully saturated rings. The van der Waals surface area contributed by atoms with Crippen molar-refractivity contribution < 1.29 is 14.4 Å². The first-order valence-corrected chi connectivity index (χ1v) is 9.51. The van der Waals surface area contributed by atoms with E-state index in [9.17, 15) is 14.4 Å². The molecule has 154 valence electrons. The Kier molecular flexibility index (Phi) is 7.91. The van der Waals surface area contributed by atoms with Crippen molar-refractivity contribution in [2.45, 2.75) is 26.3 Å².